The number of pyridine rings is 1. The predicted molar refractivity (Wildman–Crippen MR) is 104 cm³/mol. The molecule has 0 saturated carbocycles. The lowest BCUT2D eigenvalue weighted by Gasteiger charge is -2.16. The number of anilines is 1. The number of amidine groups is 1. The fourth-order valence-corrected chi connectivity index (χ4v) is 3.61. The van der Waals surface area contributed by atoms with Gasteiger partial charge in [-0.2, -0.15) is 5.10 Å². The van der Waals surface area contributed by atoms with E-state index in [1.807, 2.05) is 63.2 Å². The standard InChI is InChI=1S/C19H20N4OS/c1-13(2)17-18(24)23(16-7-5-4-6-8-16)19(25-17)22-21-14(3)15-9-11-20-12-10-15/h4-13,17H,1-3H3/b21-14+,22-19-. The molecule has 6 heteroatoms. The second-order valence-corrected chi connectivity index (χ2v) is 7.20. The van der Waals surface area contributed by atoms with E-state index >= 15 is 0 Å². The maximum atomic E-state index is 12.8. The van der Waals surface area contributed by atoms with Gasteiger partial charge < -0.3 is 0 Å². The van der Waals surface area contributed by atoms with Gasteiger partial charge in [-0.05, 0) is 37.1 Å². The summed E-state index contributed by atoms with van der Waals surface area (Å²) in [7, 11) is 0. The number of aromatic nitrogens is 1. The first-order valence-electron chi connectivity index (χ1n) is 8.16. The molecule has 2 heterocycles. The number of benzene rings is 1. The molecular weight excluding hydrogens is 332 g/mol. The van der Waals surface area contributed by atoms with E-state index in [4.69, 9.17) is 0 Å². The lowest BCUT2D eigenvalue weighted by atomic mass is 10.1. The minimum absolute atomic E-state index is 0.0571. The van der Waals surface area contributed by atoms with Crippen LogP contribution in [0.5, 0.6) is 0 Å². The summed E-state index contributed by atoms with van der Waals surface area (Å²) >= 11 is 1.47. The Labute approximate surface area is 151 Å². The van der Waals surface area contributed by atoms with Crippen LogP contribution in [0, 0.1) is 5.92 Å². The number of para-hydroxylation sites is 1. The lowest BCUT2D eigenvalue weighted by Crippen LogP contribution is -2.33. The molecule has 0 N–H and O–H groups in total. The molecule has 0 spiro atoms. The molecule has 2 aromatic rings. The minimum Gasteiger partial charge on any atom is -0.273 e. The minimum atomic E-state index is -0.143. The predicted octanol–water partition coefficient (Wildman–Crippen LogP) is 3.97. The molecule has 128 valence electrons. The summed E-state index contributed by atoms with van der Waals surface area (Å²) in [6.07, 6.45) is 3.45. The number of rotatable bonds is 4. The fourth-order valence-electron chi connectivity index (χ4n) is 2.51. The first-order valence-corrected chi connectivity index (χ1v) is 9.04. The molecule has 1 atom stereocenters. The summed E-state index contributed by atoms with van der Waals surface area (Å²) in [5, 5.41) is 9.21. The summed E-state index contributed by atoms with van der Waals surface area (Å²) in [6, 6.07) is 13.4. The van der Waals surface area contributed by atoms with Gasteiger partial charge in [-0.15, -0.1) is 5.10 Å². The normalized spacial score (nSPS) is 19.9. The Balaban J connectivity index is 1.95. The van der Waals surface area contributed by atoms with Crippen molar-refractivity contribution in [3.05, 3.63) is 60.4 Å². The first kappa shape index (κ1) is 17.4. The van der Waals surface area contributed by atoms with Gasteiger partial charge in [0.15, 0.2) is 5.17 Å². The zero-order chi connectivity index (χ0) is 17.8. The topological polar surface area (TPSA) is 57.9 Å². The van der Waals surface area contributed by atoms with Crippen molar-refractivity contribution in [2.24, 2.45) is 16.1 Å². The Bertz CT molecular complexity index is 803. The number of amides is 1. The summed E-state index contributed by atoms with van der Waals surface area (Å²) in [6.45, 7) is 5.99. The quantitative estimate of drug-likeness (QED) is 0.618. The Morgan fingerprint density at radius 1 is 1.16 bits per heavy atom. The highest BCUT2D eigenvalue weighted by atomic mass is 32.2. The Hall–Kier alpha value is -2.47. The molecule has 1 aliphatic heterocycles. The van der Waals surface area contributed by atoms with Crippen LogP contribution < -0.4 is 4.90 Å². The van der Waals surface area contributed by atoms with Gasteiger partial charge in [0.05, 0.1) is 16.6 Å². The third-order valence-electron chi connectivity index (χ3n) is 3.89. The number of carbonyl (C=O) groups excluding carboxylic acids is 1. The number of hydrogen-bond acceptors (Lipinski definition) is 5. The van der Waals surface area contributed by atoms with Crippen molar-refractivity contribution >= 4 is 34.2 Å². The van der Waals surface area contributed by atoms with Gasteiger partial charge in [-0.1, -0.05) is 43.8 Å². The van der Waals surface area contributed by atoms with E-state index < -0.39 is 0 Å². The number of thioether (sulfide) groups is 1. The van der Waals surface area contributed by atoms with Crippen molar-refractivity contribution in [2.75, 3.05) is 4.90 Å². The van der Waals surface area contributed by atoms with E-state index in [-0.39, 0.29) is 17.1 Å². The average molecular weight is 352 g/mol. The molecule has 1 amide bonds. The zero-order valence-corrected chi connectivity index (χ0v) is 15.3. The second kappa shape index (κ2) is 7.61. The van der Waals surface area contributed by atoms with Crippen LogP contribution in [-0.2, 0) is 4.79 Å². The number of hydrogen-bond donors (Lipinski definition) is 0. The van der Waals surface area contributed by atoms with Gasteiger partial charge in [0, 0.05) is 18.0 Å². The molecule has 1 saturated heterocycles. The number of carbonyl (C=O) groups is 1. The van der Waals surface area contributed by atoms with Crippen molar-refractivity contribution in [2.45, 2.75) is 26.0 Å². The summed E-state index contributed by atoms with van der Waals surface area (Å²) in [5.41, 5.74) is 2.56. The molecule has 25 heavy (non-hydrogen) atoms. The maximum Gasteiger partial charge on any atom is 0.247 e. The van der Waals surface area contributed by atoms with Gasteiger partial charge in [0.1, 0.15) is 0 Å². The van der Waals surface area contributed by atoms with E-state index in [0.717, 1.165) is 17.0 Å². The average Bonchev–Trinajstić information content (AvgIpc) is 2.97. The molecule has 0 aliphatic carbocycles. The van der Waals surface area contributed by atoms with Crippen LogP contribution in [0.15, 0.2) is 65.1 Å². The molecule has 0 bridgehead atoms. The van der Waals surface area contributed by atoms with Gasteiger partial charge in [0.2, 0.25) is 5.91 Å². The third-order valence-corrected chi connectivity index (χ3v) is 5.37. The van der Waals surface area contributed by atoms with E-state index in [9.17, 15) is 4.79 Å². The van der Waals surface area contributed by atoms with Crippen LogP contribution in [0.4, 0.5) is 5.69 Å². The molecule has 3 rings (SSSR count). The van der Waals surface area contributed by atoms with Gasteiger partial charge in [-0.25, -0.2) is 0 Å². The highest BCUT2D eigenvalue weighted by Crippen LogP contribution is 2.35. The fraction of sp³-hybridized carbons (Fsp3) is 0.263. The second-order valence-electron chi connectivity index (χ2n) is 6.10. The van der Waals surface area contributed by atoms with Crippen molar-refractivity contribution in [1.29, 1.82) is 0 Å². The molecule has 5 nitrogen and oxygen atoms in total. The number of nitrogens with zero attached hydrogens (tertiary/aromatic N) is 4. The summed E-state index contributed by atoms with van der Waals surface area (Å²) in [5.74, 6) is 0.281. The SMILES string of the molecule is C/C(=N\N=C1/SC(C(C)C)C(=O)N1c1ccccc1)c1ccncc1. The first-order chi connectivity index (χ1) is 12.1. The molecule has 1 aromatic heterocycles. The largest absolute Gasteiger partial charge is 0.273 e. The molecule has 1 aromatic carbocycles. The van der Waals surface area contributed by atoms with Crippen LogP contribution in [0.2, 0.25) is 0 Å². The molecule has 1 unspecified atom stereocenters. The highest BCUT2D eigenvalue weighted by molar-refractivity contribution is 8.16. The van der Waals surface area contributed by atoms with Crippen LogP contribution >= 0.6 is 11.8 Å². The van der Waals surface area contributed by atoms with E-state index in [1.165, 1.54) is 11.8 Å². The van der Waals surface area contributed by atoms with Crippen LogP contribution in [0.25, 0.3) is 0 Å². The van der Waals surface area contributed by atoms with E-state index in [1.54, 1.807) is 17.3 Å². The van der Waals surface area contributed by atoms with Crippen LogP contribution in [-0.4, -0.2) is 27.0 Å². The monoisotopic (exact) mass is 352 g/mol. The highest BCUT2D eigenvalue weighted by Gasteiger charge is 2.40. The Morgan fingerprint density at radius 3 is 2.48 bits per heavy atom. The van der Waals surface area contributed by atoms with Crippen molar-refractivity contribution in [3.8, 4) is 0 Å². The van der Waals surface area contributed by atoms with Crippen LogP contribution in [0.1, 0.15) is 26.3 Å². The summed E-state index contributed by atoms with van der Waals surface area (Å²) in [4.78, 5) is 18.5. The summed E-state index contributed by atoms with van der Waals surface area (Å²) < 4.78 is 0. The molecule has 1 fully saturated rings. The van der Waals surface area contributed by atoms with E-state index in [2.05, 4.69) is 15.2 Å². The van der Waals surface area contributed by atoms with Crippen molar-refractivity contribution in [1.82, 2.24) is 4.98 Å². The Morgan fingerprint density at radius 2 is 1.84 bits per heavy atom. The maximum absolute atomic E-state index is 12.8. The van der Waals surface area contributed by atoms with Crippen LogP contribution in [0.3, 0.4) is 0 Å². The molecular formula is C19H20N4OS. The van der Waals surface area contributed by atoms with Gasteiger partial charge >= 0.3 is 0 Å². The zero-order valence-electron chi connectivity index (χ0n) is 14.5. The smallest absolute Gasteiger partial charge is 0.247 e. The molecule has 0 radical (unpaired) electrons. The van der Waals surface area contributed by atoms with E-state index in [0.29, 0.717) is 5.17 Å². The third kappa shape index (κ3) is 3.79. The Kier molecular flexibility index (Phi) is 5.28. The van der Waals surface area contributed by atoms with Gasteiger partial charge in [-0.3, -0.25) is 14.7 Å². The molecule has 1 aliphatic rings. The lowest BCUT2D eigenvalue weighted by molar-refractivity contribution is -0.117. The van der Waals surface area contributed by atoms with Crippen molar-refractivity contribution < 1.29 is 4.79 Å². The van der Waals surface area contributed by atoms with Gasteiger partial charge in [0.25, 0.3) is 0 Å². The van der Waals surface area contributed by atoms with Crippen molar-refractivity contribution in [3.63, 3.8) is 0 Å².